The molecule has 3 heteroatoms. The predicted molar refractivity (Wildman–Crippen MR) is 53.5 cm³/mol. The summed E-state index contributed by atoms with van der Waals surface area (Å²) in [5.74, 6) is 0.355. The highest BCUT2D eigenvalue weighted by Crippen LogP contribution is 2.39. The topological polar surface area (TPSA) is 29.5 Å². The summed E-state index contributed by atoms with van der Waals surface area (Å²) in [7, 11) is 1.68. The highest BCUT2D eigenvalue weighted by atomic mass is 32.1. The summed E-state index contributed by atoms with van der Waals surface area (Å²) in [4.78, 5) is 1.27. The fraction of sp³-hybridized carbons (Fsp3) is 0.600. The Morgan fingerprint density at radius 3 is 2.85 bits per heavy atom. The van der Waals surface area contributed by atoms with Crippen molar-refractivity contribution in [1.29, 1.82) is 0 Å². The van der Waals surface area contributed by atoms with Crippen LogP contribution in [0.3, 0.4) is 0 Å². The molecule has 2 rings (SSSR count). The lowest BCUT2D eigenvalue weighted by molar-refractivity contribution is 0.165. The van der Waals surface area contributed by atoms with Gasteiger partial charge in [0, 0.05) is 10.8 Å². The largest absolute Gasteiger partial charge is 0.487 e. The van der Waals surface area contributed by atoms with Crippen LogP contribution in [-0.4, -0.2) is 18.3 Å². The fourth-order valence-corrected chi connectivity index (χ4v) is 2.93. The number of rotatable bonds is 2. The zero-order valence-corrected chi connectivity index (χ0v) is 8.51. The standard InChI is InChI=1S/C10H14O2S/c1-12-10-6-5-9(13-10)7-3-2-4-8(7)11/h5-8,11H,2-4H2,1H3/t7-,8-/m1/s1. The quantitative estimate of drug-likeness (QED) is 0.790. The molecule has 1 aliphatic carbocycles. The van der Waals surface area contributed by atoms with Gasteiger partial charge < -0.3 is 9.84 Å². The van der Waals surface area contributed by atoms with Crippen molar-refractivity contribution in [3.8, 4) is 5.06 Å². The van der Waals surface area contributed by atoms with Gasteiger partial charge in [-0.05, 0) is 25.0 Å². The van der Waals surface area contributed by atoms with Crippen LogP contribution in [-0.2, 0) is 0 Å². The monoisotopic (exact) mass is 198 g/mol. The lowest BCUT2D eigenvalue weighted by Gasteiger charge is -2.11. The second kappa shape index (κ2) is 3.68. The maximum Gasteiger partial charge on any atom is 0.173 e. The molecule has 1 aromatic rings. The number of hydrogen-bond donors (Lipinski definition) is 1. The van der Waals surface area contributed by atoms with E-state index in [1.807, 2.05) is 6.07 Å². The third-order valence-corrected chi connectivity index (χ3v) is 3.83. The molecule has 1 saturated carbocycles. The Hall–Kier alpha value is -0.540. The first-order valence-electron chi connectivity index (χ1n) is 4.63. The summed E-state index contributed by atoms with van der Waals surface area (Å²) in [6, 6.07) is 4.05. The molecular formula is C10H14O2S. The minimum atomic E-state index is -0.136. The second-order valence-electron chi connectivity index (χ2n) is 3.47. The van der Waals surface area contributed by atoms with Crippen molar-refractivity contribution >= 4 is 11.3 Å². The average Bonchev–Trinajstić information content (AvgIpc) is 2.71. The maximum atomic E-state index is 9.69. The molecule has 1 N–H and O–H groups in total. The molecule has 2 atom stereocenters. The van der Waals surface area contributed by atoms with Crippen LogP contribution in [0.25, 0.3) is 0 Å². The molecule has 2 nitrogen and oxygen atoms in total. The summed E-state index contributed by atoms with van der Waals surface area (Å²) in [5, 5.41) is 10.6. The molecule has 0 saturated heterocycles. The van der Waals surface area contributed by atoms with Crippen LogP contribution in [0.4, 0.5) is 0 Å². The van der Waals surface area contributed by atoms with Gasteiger partial charge in [-0.25, -0.2) is 0 Å². The van der Waals surface area contributed by atoms with E-state index < -0.39 is 0 Å². The third-order valence-electron chi connectivity index (χ3n) is 2.65. The molecule has 72 valence electrons. The van der Waals surface area contributed by atoms with E-state index in [1.54, 1.807) is 18.4 Å². The van der Waals surface area contributed by atoms with E-state index in [9.17, 15) is 5.11 Å². The summed E-state index contributed by atoms with van der Waals surface area (Å²) in [5.41, 5.74) is 0. The van der Waals surface area contributed by atoms with Gasteiger partial charge in [0.2, 0.25) is 0 Å². The zero-order valence-electron chi connectivity index (χ0n) is 7.69. The molecule has 1 heterocycles. The molecule has 0 bridgehead atoms. The Balaban J connectivity index is 2.15. The predicted octanol–water partition coefficient (Wildman–Crippen LogP) is 2.39. The van der Waals surface area contributed by atoms with Crippen molar-refractivity contribution in [3.63, 3.8) is 0 Å². The third kappa shape index (κ3) is 1.71. The number of aliphatic hydroxyl groups excluding tert-OH is 1. The Morgan fingerprint density at radius 2 is 2.31 bits per heavy atom. The van der Waals surface area contributed by atoms with Gasteiger partial charge in [-0.2, -0.15) is 0 Å². The van der Waals surface area contributed by atoms with E-state index >= 15 is 0 Å². The van der Waals surface area contributed by atoms with Crippen molar-refractivity contribution < 1.29 is 9.84 Å². The van der Waals surface area contributed by atoms with Gasteiger partial charge in [-0.3, -0.25) is 0 Å². The van der Waals surface area contributed by atoms with Crippen molar-refractivity contribution in [2.24, 2.45) is 0 Å². The Labute approximate surface area is 82.2 Å². The number of methoxy groups -OCH3 is 1. The Kier molecular flexibility index (Phi) is 2.56. The van der Waals surface area contributed by atoms with E-state index in [-0.39, 0.29) is 6.10 Å². The maximum absolute atomic E-state index is 9.69. The van der Waals surface area contributed by atoms with Crippen molar-refractivity contribution in [1.82, 2.24) is 0 Å². The smallest absolute Gasteiger partial charge is 0.173 e. The number of aliphatic hydroxyl groups is 1. The second-order valence-corrected chi connectivity index (χ2v) is 4.54. The number of ether oxygens (including phenoxy) is 1. The van der Waals surface area contributed by atoms with Gasteiger partial charge >= 0.3 is 0 Å². The molecule has 1 aromatic heterocycles. The normalized spacial score (nSPS) is 27.8. The molecule has 0 amide bonds. The van der Waals surface area contributed by atoms with Crippen molar-refractivity contribution in [2.45, 2.75) is 31.3 Å². The Bertz CT molecular complexity index is 282. The average molecular weight is 198 g/mol. The van der Waals surface area contributed by atoms with Crippen molar-refractivity contribution in [3.05, 3.63) is 17.0 Å². The highest BCUT2D eigenvalue weighted by Gasteiger charge is 2.27. The van der Waals surface area contributed by atoms with Gasteiger partial charge in [0.05, 0.1) is 13.2 Å². The Morgan fingerprint density at radius 1 is 1.46 bits per heavy atom. The summed E-state index contributed by atoms with van der Waals surface area (Å²) in [6.45, 7) is 0. The SMILES string of the molecule is COc1ccc([C@@H]2CCC[C@H]2O)s1. The van der Waals surface area contributed by atoms with Crippen LogP contribution in [0, 0.1) is 0 Å². The lowest BCUT2D eigenvalue weighted by Crippen LogP contribution is -2.09. The van der Waals surface area contributed by atoms with Crippen LogP contribution in [0.15, 0.2) is 12.1 Å². The van der Waals surface area contributed by atoms with Gasteiger partial charge in [-0.1, -0.05) is 6.42 Å². The lowest BCUT2D eigenvalue weighted by atomic mass is 10.0. The molecule has 0 radical (unpaired) electrons. The van der Waals surface area contributed by atoms with Gasteiger partial charge in [0.1, 0.15) is 0 Å². The van der Waals surface area contributed by atoms with Crippen LogP contribution in [0.5, 0.6) is 5.06 Å². The van der Waals surface area contributed by atoms with Crippen LogP contribution in [0.2, 0.25) is 0 Å². The van der Waals surface area contributed by atoms with E-state index in [2.05, 4.69) is 6.07 Å². The van der Waals surface area contributed by atoms with E-state index in [1.165, 1.54) is 4.88 Å². The molecule has 1 fully saturated rings. The summed E-state index contributed by atoms with van der Waals surface area (Å²) >= 11 is 1.65. The van der Waals surface area contributed by atoms with Gasteiger partial charge in [0.25, 0.3) is 0 Å². The first-order chi connectivity index (χ1) is 6.31. The minimum absolute atomic E-state index is 0.136. The molecule has 0 aliphatic heterocycles. The number of hydrogen-bond acceptors (Lipinski definition) is 3. The van der Waals surface area contributed by atoms with E-state index in [0.717, 1.165) is 24.3 Å². The van der Waals surface area contributed by atoms with E-state index in [0.29, 0.717) is 5.92 Å². The first kappa shape index (κ1) is 9.03. The fourth-order valence-electron chi connectivity index (χ4n) is 1.92. The summed E-state index contributed by atoms with van der Waals surface area (Å²) < 4.78 is 5.13. The first-order valence-corrected chi connectivity index (χ1v) is 5.44. The van der Waals surface area contributed by atoms with Crippen molar-refractivity contribution in [2.75, 3.05) is 7.11 Å². The zero-order chi connectivity index (χ0) is 9.26. The van der Waals surface area contributed by atoms with Crippen LogP contribution in [0.1, 0.15) is 30.1 Å². The highest BCUT2D eigenvalue weighted by molar-refractivity contribution is 7.13. The van der Waals surface area contributed by atoms with E-state index in [4.69, 9.17) is 4.74 Å². The van der Waals surface area contributed by atoms with Crippen LogP contribution >= 0.6 is 11.3 Å². The molecule has 0 aromatic carbocycles. The molecule has 0 unspecified atom stereocenters. The molecule has 13 heavy (non-hydrogen) atoms. The molecular weight excluding hydrogens is 184 g/mol. The van der Waals surface area contributed by atoms with Gasteiger partial charge in [0.15, 0.2) is 5.06 Å². The van der Waals surface area contributed by atoms with Crippen LogP contribution < -0.4 is 4.74 Å². The van der Waals surface area contributed by atoms with Gasteiger partial charge in [-0.15, -0.1) is 11.3 Å². The summed E-state index contributed by atoms with van der Waals surface area (Å²) in [6.07, 6.45) is 3.07. The molecule has 1 aliphatic rings. The number of thiophene rings is 1. The minimum Gasteiger partial charge on any atom is -0.487 e. The molecule has 0 spiro atoms.